The predicted octanol–water partition coefficient (Wildman–Crippen LogP) is 2.38. The molecule has 2 aromatic carbocycles. The predicted molar refractivity (Wildman–Crippen MR) is 136 cm³/mol. The average Bonchev–Trinajstić information content (AvgIpc) is 3.24. The topological polar surface area (TPSA) is 137 Å². The van der Waals surface area contributed by atoms with Crippen LogP contribution in [0.15, 0.2) is 77.4 Å². The zero-order chi connectivity index (χ0) is 24.7. The fourth-order valence-electron chi connectivity index (χ4n) is 3.74. The molecule has 0 atom stereocenters. The molecule has 12 heteroatoms. The number of nitrogens with one attached hydrogen (secondary N) is 2. The molecule has 0 radical (unpaired) electrons. The first kappa shape index (κ1) is 22.7. The van der Waals surface area contributed by atoms with E-state index in [0.29, 0.717) is 51.5 Å². The number of aromatic nitrogens is 4. The van der Waals surface area contributed by atoms with E-state index in [-0.39, 0.29) is 10.9 Å². The first-order valence-corrected chi connectivity index (χ1v) is 12.7. The maximum Gasteiger partial charge on any atom is 0.269 e. The van der Waals surface area contributed by atoms with Gasteiger partial charge in [0.05, 0.1) is 41.8 Å². The van der Waals surface area contributed by atoms with Gasteiger partial charge in [0.2, 0.25) is 10.0 Å². The summed E-state index contributed by atoms with van der Waals surface area (Å²) in [5, 5.41) is 8.41. The Morgan fingerprint density at radius 1 is 1.11 bits per heavy atom. The van der Waals surface area contributed by atoms with Crippen LogP contribution in [0.2, 0.25) is 5.02 Å². The highest BCUT2D eigenvalue weighted by Crippen LogP contribution is 2.23. The van der Waals surface area contributed by atoms with E-state index in [9.17, 15) is 13.2 Å². The van der Waals surface area contributed by atoms with Crippen LogP contribution in [0.5, 0.6) is 0 Å². The monoisotopic (exact) mass is 509 g/mol. The van der Waals surface area contributed by atoms with Gasteiger partial charge in [-0.1, -0.05) is 17.7 Å². The van der Waals surface area contributed by atoms with Crippen molar-refractivity contribution >= 4 is 44.0 Å². The lowest BCUT2D eigenvalue weighted by Crippen LogP contribution is -2.29. The van der Waals surface area contributed by atoms with Gasteiger partial charge in [0.1, 0.15) is 5.39 Å². The van der Waals surface area contributed by atoms with Crippen molar-refractivity contribution in [2.24, 2.45) is 5.73 Å². The summed E-state index contributed by atoms with van der Waals surface area (Å²) >= 11 is 6.06. The molecule has 2 aromatic heterocycles. The number of hydrogen-bond acceptors (Lipinski definition) is 7. The van der Waals surface area contributed by atoms with Gasteiger partial charge in [-0.3, -0.25) is 14.1 Å². The minimum atomic E-state index is -3.47. The molecule has 1 aliphatic heterocycles. The van der Waals surface area contributed by atoms with Crippen LogP contribution in [-0.2, 0) is 10.0 Å². The van der Waals surface area contributed by atoms with Crippen molar-refractivity contribution in [2.45, 2.75) is 0 Å². The quantitative estimate of drug-likeness (QED) is 0.375. The number of anilines is 1. The highest BCUT2D eigenvalue weighted by molar-refractivity contribution is 7.92. The number of fused-ring (bicyclic) bond motifs is 1. The van der Waals surface area contributed by atoms with E-state index in [4.69, 9.17) is 22.3 Å². The number of halogens is 1. The molecular formula is C23H20ClN7O3S. The number of nitrogens with two attached hydrogens (primary N) is 1. The number of hydrogen-bond donors (Lipinski definition) is 3. The number of nitrogens with zero attached hydrogens (tertiary/aromatic N) is 4. The maximum absolute atomic E-state index is 13.7. The van der Waals surface area contributed by atoms with E-state index < -0.39 is 10.0 Å². The van der Waals surface area contributed by atoms with Gasteiger partial charge in [-0.15, -0.1) is 0 Å². The number of dihydropyridines is 1. The van der Waals surface area contributed by atoms with E-state index in [2.05, 4.69) is 15.1 Å². The SMILES string of the molecule is CS(=O)(=O)Nc1cccc(-n2ncc3c(=O)n(-c4ccc(Cl)cc4)c(C4=CC=C(N)CN4)nc32)c1. The summed E-state index contributed by atoms with van der Waals surface area (Å²) in [7, 11) is -3.47. The molecule has 0 saturated carbocycles. The van der Waals surface area contributed by atoms with Crippen LogP contribution in [0.4, 0.5) is 5.69 Å². The average molecular weight is 510 g/mol. The summed E-state index contributed by atoms with van der Waals surface area (Å²) in [4.78, 5) is 18.5. The van der Waals surface area contributed by atoms with E-state index in [1.165, 1.54) is 15.4 Å². The van der Waals surface area contributed by atoms with Crippen molar-refractivity contribution in [3.63, 3.8) is 0 Å². The molecule has 5 rings (SSSR count). The molecule has 178 valence electrons. The fourth-order valence-corrected chi connectivity index (χ4v) is 4.42. The molecule has 0 fully saturated rings. The smallest absolute Gasteiger partial charge is 0.269 e. The maximum atomic E-state index is 13.7. The third kappa shape index (κ3) is 4.51. The third-order valence-corrected chi connectivity index (χ3v) is 6.13. The molecule has 3 heterocycles. The van der Waals surface area contributed by atoms with E-state index in [1.807, 2.05) is 0 Å². The number of allylic oxidation sites excluding steroid dienone is 2. The molecule has 0 bridgehead atoms. The Morgan fingerprint density at radius 3 is 2.57 bits per heavy atom. The fraction of sp³-hybridized carbons (Fsp3) is 0.0870. The minimum Gasteiger partial charge on any atom is -0.401 e. The molecule has 0 saturated heterocycles. The molecule has 4 aromatic rings. The molecule has 35 heavy (non-hydrogen) atoms. The van der Waals surface area contributed by atoms with Crippen LogP contribution in [0.3, 0.4) is 0 Å². The Labute approximate surface area is 205 Å². The molecule has 0 amide bonds. The summed E-state index contributed by atoms with van der Waals surface area (Å²) < 4.78 is 28.8. The summed E-state index contributed by atoms with van der Waals surface area (Å²) in [5.41, 5.74) is 8.61. The standard InChI is InChI=1S/C23H20ClN7O3S/c1-35(33,34)29-16-3-2-4-18(11-16)31-21-19(13-27-31)23(32)30(17-8-5-14(24)6-9-17)22(28-21)20-10-7-15(25)12-26-20/h2-11,13,26,29H,12,25H2,1H3. The highest BCUT2D eigenvalue weighted by atomic mass is 35.5. The number of sulfonamides is 1. The lowest BCUT2D eigenvalue weighted by Gasteiger charge is -2.19. The lowest BCUT2D eigenvalue weighted by molar-refractivity contribution is 0.607. The lowest BCUT2D eigenvalue weighted by atomic mass is 10.2. The second-order valence-corrected chi connectivity index (χ2v) is 10.1. The van der Waals surface area contributed by atoms with E-state index in [0.717, 1.165) is 6.26 Å². The third-order valence-electron chi connectivity index (χ3n) is 5.27. The Hall–Kier alpha value is -4.09. The van der Waals surface area contributed by atoms with Crippen LogP contribution in [0.1, 0.15) is 5.82 Å². The first-order valence-electron chi connectivity index (χ1n) is 10.5. The van der Waals surface area contributed by atoms with Crippen molar-refractivity contribution in [1.29, 1.82) is 0 Å². The van der Waals surface area contributed by atoms with Crippen molar-refractivity contribution in [1.82, 2.24) is 24.6 Å². The number of benzene rings is 2. The van der Waals surface area contributed by atoms with E-state index in [1.54, 1.807) is 60.7 Å². The zero-order valence-electron chi connectivity index (χ0n) is 18.4. The first-order chi connectivity index (χ1) is 16.7. The van der Waals surface area contributed by atoms with Crippen LogP contribution in [0, 0.1) is 0 Å². The molecule has 1 aliphatic rings. The molecule has 0 unspecified atom stereocenters. The van der Waals surface area contributed by atoms with Gasteiger partial charge < -0.3 is 11.1 Å². The number of rotatable bonds is 5. The largest absolute Gasteiger partial charge is 0.401 e. The van der Waals surface area contributed by atoms with Gasteiger partial charge in [-0.05, 0) is 54.6 Å². The highest BCUT2D eigenvalue weighted by Gasteiger charge is 2.21. The van der Waals surface area contributed by atoms with Gasteiger partial charge in [0.25, 0.3) is 5.56 Å². The Bertz CT molecular complexity index is 1690. The van der Waals surface area contributed by atoms with Gasteiger partial charge in [-0.25, -0.2) is 18.1 Å². The Balaban J connectivity index is 1.75. The minimum absolute atomic E-state index is 0.289. The second kappa shape index (κ2) is 8.60. The Morgan fingerprint density at radius 2 is 1.89 bits per heavy atom. The molecule has 0 aliphatic carbocycles. The molecular weight excluding hydrogens is 490 g/mol. The summed E-state index contributed by atoms with van der Waals surface area (Å²) in [6.45, 7) is 0.402. The van der Waals surface area contributed by atoms with Crippen LogP contribution in [0.25, 0.3) is 28.1 Å². The van der Waals surface area contributed by atoms with Gasteiger partial charge >= 0.3 is 0 Å². The van der Waals surface area contributed by atoms with Crippen LogP contribution < -0.4 is 21.3 Å². The Kier molecular flexibility index (Phi) is 5.58. The van der Waals surface area contributed by atoms with Gasteiger partial charge in [0.15, 0.2) is 11.5 Å². The molecule has 10 nitrogen and oxygen atoms in total. The molecule has 4 N–H and O–H groups in total. The van der Waals surface area contributed by atoms with Crippen LogP contribution in [-0.4, -0.2) is 40.5 Å². The summed E-state index contributed by atoms with van der Waals surface area (Å²) in [6.07, 6.45) is 6.03. The summed E-state index contributed by atoms with van der Waals surface area (Å²) in [6, 6.07) is 13.5. The van der Waals surface area contributed by atoms with E-state index >= 15 is 0 Å². The van der Waals surface area contributed by atoms with Gasteiger partial charge in [-0.2, -0.15) is 5.10 Å². The van der Waals surface area contributed by atoms with Crippen LogP contribution >= 0.6 is 11.6 Å². The van der Waals surface area contributed by atoms with Crippen molar-refractivity contribution in [3.05, 3.63) is 93.8 Å². The van der Waals surface area contributed by atoms with Crippen molar-refractivity contribution in [3.8, 4) is 11.4 Å². The van der Waals surface area contributed by atoms with Crippen molar-refractivity contribution in [2.75, 3.05) is 17.5 Å². The zero-order valence-corrected chi connectivity index (χ0v) is 20.0. The second-order valence-electron chi connectivity index (χ2n) is 7.95. The van der Waals surface area contributed by atoms with Crippen molar-refractivity contribution < 1.29 is 8.42 Å². The normalized spacial score (nSPS) is 13.8. The van der Waals surface area contributed by atoms with Gasteiger partial charge in [0, 0.05) is 10.7 Å². The summed E-state index contributed by atoms with van der Waals surface area (Å²) in [5.74, 6) is 0.362. The molecule has 0 spiro atoms.